The first-order valence-corrected chi connectivity index (χ1v) is 11.4. The standard InChI is InChI=1S/C23H41N3O3/c1-4-19(25-23(29)17-10-12-20(24-3)13-11-17)14-18(15-27)16(2)22(28)26-21-8-6-5-7-9-21/h12,17-19,21-22,24,26-28H,2,4-11,13-15H2,1,3H3,(H,25,29). The largest absolute Gasteiger partial charge is 0.396 e. The first kappa shape index (κ1) is 23.9. The average Bonchev–Trinajstić information content (AvgIpc) is 2.76. The van der Waals surface area contributed by atoms with E-state index in [9.17, 15) is 15.0 Å². The monoisotopic (exact) mass is 407 g/mol. The molecular weight excluding hydrogens is 366 g/mol. The molecule has 0 saturated heterocycles. The van der Waals surface area contributed by atoms with Crippen molar-refractivity contribution in [1.82, 2.24) is 16.0 Å². The van der Waals surface area contributed by atoms with Gasteiger partial charge in [0, 0.05) is 43.3 Å². The predicted octanol–water partition coefficient (Wildman–Crippen LogP) is 2.58. The lowest BCUT2D eigenvalue weighted by Gasteiger charge is -2.31. The minimum absolute atomic E-state index is 0.00971. The Hall–Kier alpha value is -1.37. The molecule has 6 nitrogen and oxygen atoms in total. The molecular formula is C23H41N3O3. The number of hydrogen-bond donors (Lipinski definition) is 5. The van der Waals surface area contributed by atoms with Crippen molar-refractivity contribution in [3.05, 3.63) is 23.9 Å². The molecule has 2 aliphatic rings. The van der Waals surface area contributed by atoms with E-state index in [-0.39, 0.29) is 30.4 Å². The van der Waals surface area contributed by atoms with Gasteiger partial charge in [-0.3, -0.25) is 10.1 Å². The third-order valence-electron chi connectivity index (χ3n) is 6.61. The Morgan fingerprint density at radius 1 is 1.28 bits per heavy atom. The number of rotatable bonds is 11. The number of aliphatic hydroxyl groups is 2. The first-order valence-electron chi connectivity index (χ1n) is 11.4. The summed E-state index contributed by atoms with van der Waals surface area (Å²) in [5.74, 6) is -0.143. The molecule has 1 saturated carbocycles. The maximum atomic E-state index is 12.7. The highest BCUT2D eigenvalue weighted by Crippen LogP contribution is 2.25. The van der Waals surface area contributed by atoms with Crippen molar-refractivity contribution >= 4 is 5.91 Å². The second-order valence-electron chi connectivity index (χ2n) is 8.66. The summed E-state index contributed by atoms with van der Waals surface area (Å²) in [5.41, 5.74) is 1.82. The third-order valence-corrected chi connectivity index (χ3v) is 6.61. The maximum absolute atomic E-state index is 12.7. The van der Waals surface area contributed by atoms with E-state index in [2.05, 4.69) is 28.6 Å². The second-order valence-corrected chi connectivity index (χ2v) is 8.66. The van der Waals surface area contributed by atoms with E-state index in [1.165, 1.54) is 25.0 Å². The lowest BCUT2D eigenvalue weighted by atomic mass is 9.88. The quantitative estimate of drug-likeness (QED) is 0.268. The van der Waals surface area contributed by atoms with Crippen LogP contribution in [0.5, 0.6) is 0 Å². The zero-order valence-corrected chi connectivity index (χ0v) is 18.3. The van der Waals surface area contributed by atoms with Gasteiger partial charge in [-0.15, -0.1) is 0 Å². The number of aliphatic hydroxyl groups excluding tert-OH is 2. The number of amides is 1. The molecule has 166 valence electrons. The van der Waals surface area contributed by atoms with Crippen LogP contribution in [0.25, 0.3) is 0 Å². The topological polar surface area (TPSA) is 93.6 Å². The van der Waals surface area contributed by atoms with Gasteiger partial charge >= 0.3 is 0 Å². The zero-order chi connectivity index (χ0) is 21.2. The molecule has 29 heavy (non-hydrogen) atoms. The van der Waals surface area contributed by atoms with Gasteiger partial charge in [0.25, 0.3) is 0 Å². The second kappa shape index (κ2) is 12.4. The van der Waals surface area contributed by atoms with Crippen LogP contribution in [0.4, 0.5) is 0 Å². The van der Waals surface area contributed by atoms with Crippen LogP contribution in [-0.4, -0.2) is 48.1 Å². The minimum atomic E-state index is -0.813. The fourth-order valence-electron chi connectivity index (χ4n) is 4.46. The van der Waals surface area contributed by atoms with Crippen molar-refractivity contribution in [1.29, 1.82) is 0 Å². The Morgan fingerprint density at radius 2 is 2.00 bits per heavy atom. The van der Waals surface area contributed by atoms with E-state index in [4.69, 9.17) is 0 Å². The summed E-state index contributed by atoms with van der Waals surface area (Å²) < 4.78 is 0. The summed E-state index contributed by atoms with van der Waals surface area (Å²) in [7, 11) is 1.92. The van der Waals surface area contributed by atoms with Crippen LogP contribution >= 0.6 is 0 Å². The molecule has 1 fully saturated rings. The normalized spacial score (nSPS) is 23.6. The molecule has 0 radical (unpaired) electrons. The van der Waals surface area contributed by atoms with Gasteiger partial charge in [0.2, 0.25) is 5.91 Å². The van der Waals surface area contributed by atoms with Crippen LogP contribution < -0.4 is 16.0 Å². The Bertz CT molecular complexity index is 558. The molecule has 0 aromatic heterocycles. The van der Waals surface area contributed by atoms with Crippen LogP contribution in [0.2, 0.25) is 0 Å². The zero-order valence-electron chi connectivity index (χ0n) is 18.3. The number of carbonyl (C=O) groups is 1. The molecule has 0 aliphatic heterocycles. The Balaban J connectivity index is 1.85. The third kappa shape index (κ3) is 7.43. The average molecular weight is 408 g/mol. The number of allylic oxidation sites excluding steroid dienone is 2. The molecule has 2 rings (SSSR count). The summed E-state index contributed by atoms with van der Waals surface area (Å²) in [6.45, 7) is 6.03. The molecule has 0 aromatic carbocycles. The minimum Gasteiger partial charge on any atom is -0.396 e. The first-order chi connectivity index (χ1) is 14.0. The summed E-state index contributed by atoms with van der Waals surface area (Å²) >= 11 is 0. The Kier molecular flexibility index (Phi) is 10.2. The van der Waals surface area contributed by atoms with Crippen LogP contribution in [0.3, 0.4) is 0 Å². The fraction of sp³-hybridized carbons (Fsp3) is 0.783. The maximum Gasteiger partial charge on any atom is 0.223 e. The lowest BCUT2D eigenvalue weighted by molar-refractivity contribution is -0.126. The Morgan fingerprint density at radius 3 is 2.55 bits per heavy atom. The molecule has 2 aliphatic carbocycles. The van der Waals surface area contributed by atoms with Gasteiger partial charge in [-0.05, 0) is 50.5 Å². The van der Waals surface area contributed by atoms with E-state index in [0.717, 1.165) is 38.5 Å². The van der Waals surface area contributed by atoms with E-state index in [1.807, 2.05) is 14.0 Å². The summed E-state index contributed by atoms with van der Waals surface area (Å²) in [5, 5.41) is 30.1. The van der Waals surface area contributed by atoms with Gasteiger partial charge < -0.3 is 20.8 Å². The molecule has 1 amide bonds. The van der Waals surface area contributed by atoms with Crippen molar-refractivity contribution in [2.24, 2.45) is 11.8 Å². The van der Waals surface area contributed by atoms with E-state index < -0.39 is 6.23 Å². The van der Waals surface area contributed by atoms with Gasteiger partial charge in [0.05, 0.1) is 0 Å². The molecule has 5 N–H and O–H groups in total. The van der Waals surface area contributed by atoms with E-state index >= 15 is 0 Å². The molecule has 0 spiro atoms. The van der Waals surface area contributed by atoms with Gasteiger partial charge in [-0.25, -0.2) is 0 Å². The van der Waals surface area contributed by atoms with Crippen LogP contribution in [0.15, 0.2) is 23.9 Å². The highest BCUT2D eigenvalue weighted by Gasteiger charge is 2.27. The molecule has 4 atom stereocenters. The van der Waals surface area contributed by atoms with E-state index in [0.29, 0.717) is 18.0 Å². The van der Waals surface area contributed by atoms with Crippen molar-refractivity contribution in [3.8, 4) is 0 Å². The van der Waals surface area contributed by atoms with Gasteiger partial charge in [0.15, 0.2) is 0 Å². The van der Waals surface area contributed by atoms with Crippen molar-refractivity contribution in [2.75, 3.05) is 13.7 Å². The SMILES string of the molecule is C=C(C(CO)CC(CC)NC(=O)C1CC=C(NC)CC1)C(O)NC1CCCCC1. The van der Waals surface area contributed by atoms with Gasteiger partial charge in [0.1, 0.15) is 6.23 Å². The number of carbonyl (C=O) groups excluding carboxylic acids is 1. The highest BCUT2D eigenvalue weighted by molar-refractivity contribution is 5.79. The van der Waals surface area contributed by atoms with Gasteiger partial charge in [-0.1, -0.05) is 38.8 Å². The number of nitrogens with one attached hydrogen (secondary N) is 3. The molecule has 0 aromatic rings. The molecule has 0 heterocycles. The van der Waals surface area contributed by atoms with Crippen molar-refractivity contribution in [2.45, 2.75) is 89.4 Å². The van der Waals surface area contributed by atoms with Gasteiger partial charge in [-0.2, -0.15) is 0 Å². The van der Waals surface area contributed by atoms with Crippen LogP contribution in [-0.2, 0) is 4.79 Å². The number of hydrogen-bond acceptors (Lipinski definition) is 5. The predicted molar refractivity (Wildman–Crippen MR) is 117 cm³/mol. The summed E-state index contributed by atoms with van der Waals surface area (Å²) in [4.78, 5) is 12.7. The molecule has 4 unspecified atom stereocenters. The van der Waals surface area contributed by atoms with E-state index in [1.54, 1.807) is 0 Å². The fourth-order valence-corrected chi connectivity index (χ4v) is 4.46. The van der Waals surface area contributed by atoms with Crippen molar-refractivity contribution < 1.29 is 15.0 Å². The molecule has 6 heteroatoms. The highest BCUT2D eigenvalue weighted by atomic mass is 16.3. The molecule has 0 bridgehead atoms. The van der Waals surface area contributed by atoms with Crippen LogP contribution in [0, 0.1) is 11.8 Å². The summed E-state index contributed by atoms with van der Waals surface area (Å²) in [6, 6.07) is 0.284. The van der Waals surface area contributed by atoms with Crippen molar-refractivity contribution in [3.63, 3.8) is 0 Å². The summed E-state index contributed by atoms with van der Waals surface area (Å²) in [6.07, 6.45) is 11.0. The van der Waals surface area contributed by atoms with Crippen LogP contribution in [0.1, 0.15) is 71.1 Å². The Labute approximate surface area is 176 Å². The smallest absolute Gasteiger partial charge is 0.223 e. The lowest BCUT2D eigenvalue weighted by Crippen LogP contribution is -2.44.